The second kappa shape index (κ2) is 17.8. The minimum Gasteiger partial charge on any atom is -0.330 e. The average molecular weight is 274 g/mol. The Kier molecular flexibility index (Phi) is 17.5. The minimum atomic E-state index is 0.769. The molecule has 0 aliphatic heterocycles. The van der Waals surface area contributed by atoms with Crippen molar-refractivity contribution in [1.82, 2.24) is 21.3 Å². The molecule has 0 aromatic heterocycles. The molecule has 0 bridgehead atoms. The van der Waals surface area contributed by atoms with E-state index in [1.165, 1.54) is 6.42 Å². The number of rotatable bonds is 16. The van der Waals surface area contributed by atoms with Gasteiger partial charge in [0.1, 0.15) is 0 Å². The molecule has 0 fully saturated rings. The number of nitrogens with two attached hydrogens (primary N) is 2. The summed E-state index contributed by atoms with van der Waals surface area (Å²) in [6.45, 7) is 9.85. The maximum atomic E-state index is 5.41. The molecule has 8 N–H and O–H groups in total. The quantitative estimate of drug-likeness (QED) is 0.190. The van der Waals surface area contributed by atoms with Gasteiger partial charge in [-0.3, -0.25) is 0 Å². The third kappa shape index (κ3) is 17.8. The van der Waals surface area contributed by atoms with Gasteiger partial charge in [0.2, 0.25) is 0 Å². The lowest BCUT2D eigenvalue weighted by Crippen LogP contribution is -2.34. The van der Waals surface area contributed by atoms with E-state index in [1.807, 2.05) is 0 Å². The Bertz CT molecular complexity index is 140. The molecule has 6 heteroatoms. The number of hydrogen-bond acceptors (Lipinski definition) is 6. The molecule has 0 heterocycles. The van der Waals surface area contributed by atoms with Crippen LogP contribution in [0.15, 0.2) is 0 Å². The standard InChI is InChI=1S/C13H34N6/c14-4-1-6-16-8-3-9-18-11-13-19-12-10-17-7-2-5-15/h16-19H,1-15H2. The zero-order valence-electron chi connectivity index (χ0n) is 12.3. The van der Waals surface area contributed by atoms with Crippen LogP contribution in [0.25, 0.3) is 0 Å². The Morgan fingerprint density at radius 3 is 1.16 bits per heavy atom. The molecule has 116 valence electrons. The van der Waals surface area contributed by atoms with E-state index in [-0.39, 0.29) is 0 Å². The molecule has 0 saturated carbocycles. The summed E-state index contributed by atoms with van der Waals surface area (Å²) in [6.07, 6.45) is 3.29. The van der Waals surface area contributed by atoms with Crippen molar-refractivity contribution in [2.45, 2.75) is 19.3 Å². The Balaban J connectivity index is 2.88. The highest BCUT2D eigenvalue weighted by Crippen LogP contribution is 1.75. The van der Waals surface area contributed by atoms with Crippen molar-refractivity contribution in [3.05, 3.63) is 0 Å². The summed E-state index contributed by atoms with van der Waals surface area (Å²) in [7, 11) is 0. The zero-order chi connectivity index (χ0) is 14.0. The van der Waals surface area contributed by atoms with Gasteiger partial charge in [0, 0.05) is 26.2 Å². The van der Waals surface area contributed by atoms with Gasteiger partial charge >= 0.3 is 0 Å². The summed E-state index contributed by atoms with van der Waals surface area (Å²) in [5.74, 6) is 0. The highest BCUT2D eigenvalue weighted by molar-refractivity contribution is 4.56. The molecule has 0 amide bonds. The molecule has 0 radical (unpaired) electrons. The first-order chi connectivity index (χ1) is 9.41. The summed E-state index contributed by atoms with van der Waals surface area (Å²) >= 11 is 0. The number of hydrogen-bond donors (Lipinski definition) is 6. The van der Waals surface area contributed by atoms with Crippen LogP contribution in [0.2, 0.25) is 0 Å². The van der Waals surface area contributed by atoms with Crippen molar-refractivity contribution in [3.8, 4) is 0 Å². The monoisotopic (exact) mass is 274 g/mol. The molecule has 0 spiro atoms. The second-order valence-electron chi connectivity index (χ2n) is 4.64. The van der Waals surface area contributed by atoms with E-state index in [9.17, 15) is 0 Å². The van der Waals surface area contributed by atoms with Gasteiger partial charge in [-0.25, -0.2) is 0 Å². The smallest absolute Gasteiger partial charge is 0.00772 e. The molecule has 0 aromatic carbocycles. The van der Waals surface area contributed by atoms with Gasteiger partial charge in [0.25, 0.3) is 0 Å². The normalized spacial score (nSPS) is 11.1. The fourth-order valence-corrected chi connectivity index (χ4v) is 1.65. The van der Waals surface area contributed by atoms with Crippen LogP contribution >= 0.6 is 0 Å². The van der Waals surface area contributed by atoms with Gasteiger partial charge in [-0.2, -0.15) is 0 Å². The van der Waals surface area contributed by atoms with Crippen LogP contribution in [0.5, 0.6) is 0 Å². The number of nitrogens with one attached hydrogen (secondary N) is 4. The van der Waals surface area contributed by atoms with E-state index >= 15 is 0 Å². The van der Waals surface area contributed by atoms with Crippen molar-refractivity contribution in [1.29, 1.82) is 0 Å². The van der Waals surface area contributed by atoms with Gasteiger partial charge in [-0.1, -0.05) is 0 Å². The van der Waals surface area contributed by atoms with Gasteiger partial charge in [0.05, 0.1) is 0 Å². The molecular formula is C13H34N6. The van der Waals surface area contributed by atoms with E-state index in [1.54, 1.807) is 0 Å². The zero-order valence-corrected chi connectivity index (χ0v) is 12.3. The maximum Gasteiger partial charge on any atom is 0.00772 e. The van der Waals surface area contributed by atoms with Crippen molar-refractivity contribution < 1.29 is 0 Å². The lowest BCUT2D eigenvalue weighted by molar-refractivity contribution is 0.556. The molecule has 0 unspecified atom stereocenters. The summed E-state index contributed by atoms with van der Waals surface area (Å²) in [6, 6.07) is 0. The van der Waals surface area contributed by atoms with E-state index in [2.05, 4.69) is 21.3 Å². The molecule has 0 atom stereocenters. The topological polar surface area (TPSA) is 100 Å². The Hall–Kier alpha value is -0.240. The Morgan fingerprint density at radius 2 is 0.737 bits per heavy atom. The highest BCUT2D eigenvalue weighted by atomic mass is 15.0. The fraction of sp³-hybridized carbons (Fsp3) is 1.00. The summed E-state index contributed by atoms with van der Waals surface area (Å²) in [4.78, 5) is 0. The van der Waals surface area contributed by atoms with Crippen molar-refractivity contribution in [2.75, 3.05) is 65.4 Å². The SMILES string of the molecule is NCCCNCCCNCCNCCNCCCN. The Morgan fingerprint density at radius 1 is 0.421 bits per heavy atom. The summed E-state index contributed by atoms with van der Waals surface area (Å²) in [5.41, 5.74) is 10.8. The molecule has 0 aliphatic rings. The maximum absolute atomic E-state index is 5.41. The first-order valence-electron chi connectivity index (χ1n) is 7.64. The van der Waals surface area contributed by atoms with Crippen LogP contribution in [0.3, 0.4) is 0 Å². The minimum absolute atomic E-state index is 0.769. The Labute approximate surface area is 118 Å². The highest BCUT2D eigenvalue weighted by Gasteiger charge is 1.90. The third-order valence-corrected chi connectivity index (χ3v) is 2.78. The van der Waals surface area contributed by atoms with Gasteiger partial charge < -0.3 is 32.7 Å². The van der Waals surface area contributed by atoms with Gasteiger partial charge in [-0.15, -0.1) is 0 Å². The van der Waals surface area contributed by atoms with Crippen LogP contribution in [-0.2, 0) is 0 Å². The average Bonchev–Trinajstić information content (AvgIpc) is 2.43. The predicted molar refractivity (Wildman–Crippen MR) is 83.4 cm³/mol. The lowest BCUT2D eigenvalue weighted by atomic mass is 10.4. The third-order valence-electron chi connectivity index (χ3n) is 2.78. The first-order valence-corrected chi connectivity index (χ1v) is 7.64. The summed E-state index contributed by atoms with van der Waals surface area (Å²) in [5, 5.41) is 13.5. The van der Waals surface area contributed by atoms with Gasteiger partial charge in [0.15, 0.2) is 0 Å². The van der Waals surface area contributed by atoms with Crippen LogP contribution in [0.4, 0.5) is 0 Å². The van der Waals surface area contributed by atoms with Crippen molar-refractivity contribution in [2.24, 2.45) is 11.5 Å². The molecular weight excluding hydrogens is 240 g/mol. The fourth-order valence-electron chi connectivity index (χ4n) is 1.65. The molecule has 0 saturated heterocycles. The van der Waals surface area contributed by atoms with E-state index < -0.39 is 0 Å². The molecule has 0 rings (SSSR count). The molecule has 0 aromatic rings. The van der Waals surface area contributed by atoms with Crippen molar-refractivity contribution in [3.63, 3.8) is 0 Å². The van der Waals surface area contributed by atoms with Crippen LogP contribution in [0.1, 0.15) is 19.3 Å². The first kappa shape index (κ1) is 18.8. The van der Waals surface area contributed by atoms with Crippen LogP contribution < -0.4 is 32.7 Å². The van der Waals surface area contributed by atoms with Crippen LogP contribution in [-0.4, -0.2) is 65.4 Å². The molecule has 0 aliphatic carbocycles. The predicted octanol–water partition coefficient (Wildman–Crippen LogP) is -1.57. The van der Waals surface area contributed by atoms with Crippen molar-refractivity contribution >= 4 is 0 Å². The van der Waals surface area contributed by atoms with E-state index in [0.717, 1.165) is 78.3 Å². The van der Waals surface area contributed by atoms with Gasteiger partial charge in [-0.05, 0) is 58.5 Å². The van der Waals surface area contributed by atoms with E-state index in [0.29, 0.717) is 0 Å². The largest absolute Gasteiger partial charge is 0.330 e. The van der Waals surface area contributed by atoms with Crippen LogP contribution in [0, 0.1) is 0 Å². The summed E-state index contributed by atoms with van der Waals surface area (Å²) < 4.78 is 0. The second-order valence-corrected chi connectivity index (χ2v) is 4.64. The lowest BCUT2D eigenvalue weighted by Gasteiger charge is -2.08. The molecule has 6 nitrogen and oxygen atoms in total. The molecule has 19 heavy (non-hydrogen) atoms. The van der Waals surface area contributed by atoms with E-state index in [4.69, 9.17) is 11.5 Å².